The number of aliphatic hydroxyl groups is 5. The molecule has 1 fully saturated rings. The molecule has 22 heavy (non-hydrogen) atoms. The van der Waals surface area contributed by atoms with Crippen LogP contribution in [0, 0.1) is 5.92 Å². The molecule has 3 unspecified atom stereocenters. The fourth-order valence-electron chi connectivity index (χ4n) is 2.20. The summed E-state index contributed by atoms with van der Waals surface area (Å²) in [5.41, 5.74) is 4.98. The van der Waals surface area contributed by atoms with Gasteiger partial charge in [0.05, 0.1) is 25.2 Å². The van der Waals surface area contributed by atoms with Crippen molar-refractivity contribution in [2.24, 2.45) is 11.7 Å². The molecule has 8 N–H and O–H groups in total. The van der Waals surface area contributed by atoms with Gasteiger partial charge in [-0.1, -0.05) is 6.92 Å². The summed E-state index contributed by atoms with van der Waals surface area (Å²) in [4.78, 5) is 23.0. The summed E-state index contributed by atoms with van der Waals surface area (Å²) >= 11 is 0. The predicted molar refractivity (Wildman–Crippen MR) is 71.1 cm³/mol. The van der Waals surface area contributed by atoms with Crippen molar-refractivity contribution < 1.29 is 39.9 Å². The zero-order valence-electron chi connectivity index (χ0n) is 12.0. The highest BCUT2D eigenvalue weighted by Crippen LogP contribution is 2.26. The lowest BCUT2D eigenvalue weighted by Gasteiger charge is -2.42. The van der Waals surface area contributed by atoms with E-state index in [0.29, 0.717) is 0 Å². The number of nitrogens with two attached hydrogens (primary N) is 1. The molecular formula is C12H22N2O8. The Morgan fingerprint density at radius 1 is 1.18 bits per heavy atom. The zero-order chi connectivity index (χ0) is 17.0. The fourth-order valence-corrected chi connectivity index (χ4v) is 2.20. The van der Waals surface area contributed by atoms with Gasteiger partial charge in [0, 0.05) is 0 Å². The third kappa shape index (κ3) is 3.91. The molecule has 0 spiro atoms. The van der Waals surface area contributed by atoms with Crippen molar-refractivity contribution in [3.8, 4) is 0 Å². The molecule has 0 radical (unpaired) electrons. The molecule has 7 atom stereocenters. The van der Waals surface area contributed by atoms with E-state index in [1.165, 1.54) is 6.92 Å². The summed E-state index contributed by atoms with van der Waals surface area (Å²) in [6.07, 6.45) is -7.05. The van der Waals surface area contributed by atoms with Crippen molar-refractivity contribution in [3.05, 3.63) is 0 Å². The van der Waals surface area contributed by atoms with Gasteiger partial charge in [0.2, 0.25) is 11.8 Å². The molecule has 1 saturated heterocycles. The first-order valence-corrected chi connectivity index (χ1v) is 6.75. The summed E-state index contributed by atoms with van der Waals surface area (Å²) in [5.74, 6) is -2.72. The van der Waals surface area contributed by atoms with E-state index >= 15 is 0 Å². The molecule has 0 aromatic heterocycles. The Labute approximate surface area is 126 Å². The summed E-state index contributed by atoms with van der Waals surface area (Å²) in [6, 6.07) is -1.29. The summed E-state index contributed by atoms with van der Waals surface area (Å²) in [5, 5.41) is 49.5. The van der Waals surface area contributed by atoms with Crippen molar-refractivity contribution in [1.29, 1.82) is 0 Å². The van der Waals surface area contributed by atoms with Crippen molar-refractivity contribution in [2.75, 3.05) is 13.2 Å². The maximum absolute atomic E-state index is 12.0. The number of aliphatic hydroxyl groups excluding tert-OH is 5. The Balaban J connectivity index is 2.80. The SMILES string of the molecule is CC(C(=O)N[C@H](CO)C(N)=O)C1O[C@H](CO)[C@@H](O)[C@H](O)C1O. The minimum absolute atomic E-state index is 0.615. The van der Waals surface area contributed by atoms with E-state index in [2.05, 4.69) is 5.32 Å². The van der Waals surface area contributed by atoms with Crippen LogP contribution in [0.4, 0.5) is 0 Å². The molecular weight excluding hydrogens is 300 g/mol. The molecule has 10 nitrogen and oxygen atoms in total. The van der Waals surface area contributed by atoms with E-state index in [4.69, 9.17) is 20.7 Å². The molecule has 0 aliphatic carbocycles. The molecule has 1 aliphatic heterocycles. The number of carbonyl (C=O) groups is 2. The largest absolute Gasteiger partial charge is 0.394 e. The molecule has 10 heteroatoms. The van der Waals surface area contributed by atoms with Crippen LogP contribution < -0.4 is 11.1 Å². The number of ether oxygens (including phenoxy) is 1. The van der Waals surface area contributed by atoms with Crippen LogP contribution >= 0.6 is 0 Å². The number of primary amides is 1. The van der Waals surface area contributed by atoms with Crippen LogP contribution in [-0.2, 0) is 14.3 Å². The van der Waals surface area contributed by atoms with E-state index in [0.717, 1.165) is 0 Å². The molecule has 128 valence electrons. The van der Waals surface area contributed by atoms with Gasteiger partial charge < -0.3 is 41.3 Å². The van der Waals surface area contributed by atoms with Gasteiger partial charge in [0.1, 0.15) is 30.5 Å². The van der Waals surface area contributed by atoms with Crippen LogP contribution in [0.25, 0.3) is 0 Å². The molecule has 0 aromatic rings. The molecule has 1 aliphatic rings. The molecule has 0 saturated carbocycles. The van der Waals surface area contributed by atoms with Gasteiger partial charge in [0.15, 0.2) is 0 Å². The lowest BCUT2D eigenvalue weighted by Crippen LogP contribution is -2.62. The van der Waals surface area contributed by atoms with Gasteiger partial charge in [-0.3, -0.25) is 9.59 Å². The van der Waals surface area contributed by atoms with Crippen LogP contribution in [0.1, 0.15) is 6.92 Å². The molecule has 0 aromatic carbocycles. The molecule has 1 heterocycles. The number of hydrogen-bond donors (Lipinski definition) is 7. The standard InChI is InChI=1S/C12H22N2O8/c1-4(12(21)14-5(2-15)11(13)20)10-9(19)8(18)7(17)6(3-16)22-10/h4-10,15-19H,2-3H2,1H3,(H2,13,20)(H,14,21)/t4?,5-,6-,7-,8+,9?,10?/m1/s1. The Bertz CT molecular complexity index is 405. The average molecular weight is 322 g/mol. The number of rotatable bonds is 6. The van der Waals surface area contributed by atoms with Gasteiger partial charge in [-0.15, -0.1) is 0 Å². The number of carbonyl (C=O) groups excluding carboxylic acids is 2. The van der Waals surface area contributed by atoms with Crippen LogP contribution in [0.5, 0.6) is 0 Å². The third-order valence-electron chi connectivity index (χ3n) is 3.68. The normalized spacial score (nSPS) is 34.7. The van der Waals surface area contributed by atoms with E-state index in [9.17, 15) is 24.9 Å². The highest BCUT2D eigenvalue weighted by Gasteiger charge is 2.46. The van der Waals surface area contributed by atoms with Crippen LogP contribution in [0.2, 0.25) is 0 Å². The Morgan fingerprint density at radius 3 is 2.23 bits per heavy atom. The van der Waals surface area contributed by atoms with Crippen LogP contribution in [0.3, 0.4) is 0 Å². The lowest BCUT2D eigenvalue weighted by atomic mass is 9.88. The Hall–Kier alpha value is -1.30. The van der Waals surface area contributed by atoms with E-state index in [-0.39, 0.29) is 0 Å². The smallest absolute Gasteiger partial charge is 0.242 e. The zero-order valence-corrected chi connectivity index (χ0v) is 12.0. The topological polar surface area (TPSA) is 183 Å². The van der Waals surface area contributed by atoms with Gasteiger partial charge >= 0.3 is 0 Å². The Kier molecular flexibility index (Phi) is 6.66. The lowest BCUT2D eigenvalue weighted by molar-refractivity contribution is -0.238. The second-order valence-corrected chi connectivity index (χ2v) is 5.23. The summed E-state index contributed by atoms with van der Waals surface area (Å²) < 4.78 is 5.24. The highest BCUT2D eigenvalue weighted by molar-refractivity contribution is 5.87. The second kappa shape index (κ2) is 7.81. The van der Waals surface area contributed by atoms with E-state index in [1.54, 1.807) is 0 Å². The predicted octanol–water partition coefficient (Wildman–Crippen LogP) is -4.57. The summed E-state index contributed by atoms with van der Waals surface area (Å²) in [6.45, 7) is 0.0519. The van der Waals surface area contributed by atoms with Gasteiger partial charge in [-0.05, 0) is 0 Å². The number of nitrogens with one attached hydrogen (secondary N) is 1. The van der Waals surface area contributed by atoms with Crippen molar-refractivity contribution >= 4 is 11.8 Å². The molecule has 1 rings (SSSR count). The quantitative estimate of drug-likeness (QED) is 0.255. The van der Waals surface area contributed by atoms with Crippen molar-refractivity contribution in [2.45, 2.75) is 43.5 Å². The number of hydrogen-bond acceptors (Lipinski definition) is 8. The van der Waals surface area contributed by atoms with Gasteiger partial charge in [-0.25, -0.2) is 0 Å². The number of amides is 2. The summed E-state index contributed by atoms with van der Waals surface area (Å²) in [7, 11) is 0. The van der Waals surface area contributed by atoms with E-state index < -0.39 is 67.5 Å². The molecule has 0 bridgehead atoms. The van der Waals surface area contributed by atoms with Crippen molar-refractivity contribution in [1.82, 2.24) is 5.32 Å². The first-order valence-electron chi connectivity index (χ1n) is 6.75. The maximum atomic E-state index is 12.0. The third-order valence-corrected chi connectivity index (χ3v) is 3.68. The highest BCUT2D eigenvalue weighted by atomic mass is 16.5. The monoisotopic (exact) mass is 322 g/mol. The second-order valence-electron chi connectivity index (χ2n) is 5.23. The first-order chi connectivity index (χ1) is 10.2. The maximum Gasteiger partial charge on any atom is 0.242 e. The first kappa shape index (κ1) is 18.7. The minimum Gasteiger partial charge on any atom is -0.394 e. The van der Waals surface area contributed by atoms with Crippen LogP contribution in [-0.4, -0.2) is 87.1 Å². The van der Waals surface area contributed by atoms with Gasteiger partial charge in [-0.2, -0.15) is 0 Å². The molecule has 2 amide bonds. The van der Waals surface area contributed by atoms with E-state index in [1.807, 2.05) is 0 Å². The Morgan fingerprint density at radius 2 is 1.77 bits per heavy atom. The minimum atomic E-state index is -1.60. The van der Waals surface area contributed by atoms with Crippen molar-refractivity contribution in [3.63, 3.8) is 0 Å². The van der Waals surface area contributed by atoms with Crippen LogP contribution in [0.15, 0.2) is 0 Å². The average Bonchev–Trinajstić information content (AvgIpc) is 2.49. The fraction of sp³-hybridized carbons (Fsp3) is 0.833. The van der Waals surface area contributed by atoms with Gasteiger partial charge in [0.25, 0.3) is 0 Å².